The average Bonchev–Trinajstić information content (AvgIpc) is 2.73. The zero-order valence-electron chi connectivity index (χ0n) is 16.8. The molecule has 2 aliphatic rings. The van der Waals surface area contributed by atoms with Crippen molar-refractivity contribution in [2.45, 2.75) is 38.8 Å². The van der Waals surface area contributed by atoms with Crippen molar-refractivity contribution in [3.8, 4) is 0 Å². The first-order valence-corrected chi connectivity index (χ1v) is 10.2. The van der Waals surface area contributed by atoms with Crippen molar-refractivity contribution in [1.29, 1.82) is 0 Å². The fraction of sp³-hybridized carbons (Fsp3) is 0.478. The van der Waals surface area contributed by atoms with Crippen LogP contribution < -0.4 is 4.90 Å². The Kier molecular flexibility index (Phi) is 5.62. The number of ether oxygens (including phenoxy) is 1. The van der Waals surface area contributed by atoms with Gasteiger partial charge in [0.05, 0.1) is 18.4 Å². The van der Waals surface area contributed by atoms with Gasteiger partial charge in [-0.3, -0.25) is 4.90 Å². The molecule has 28 heavy (non-hydrogen) atoms. The number of aromatic nitrogens is 1. The summed E-state index contributed by atoms with van der Waals surface area (Å²) in [4.78, 5) is 21.6. The molecule has 2 unspecified atom stereocenters. The molecule has 148 valence electrons. The van der Waals surface area contributed by atoms with Crippen LogP contribution in [0.4, 0.5) is 5.82 Å². The van der Waals surface area contributed by atoms with Crippen LogP contribution in [0.5, 0.6) is 0 Å². The number of carbonyl (C=O) groups excluding carboxylic acids is 1. The lowest BCUT2D eigenvalue weighted by atomic mass is 9.83. The molecule has 0 N–H and O–H groups in total. The smallest absolute Gasteiger partial charge is 0.339 e. The van der Waals surface area contributed by atoms with Gasteiger partial charge in [0.15, 0.2) is 0 Å². The van der Waals surface area contributed by atoms with Crippen molar-refractivity contribution in [2.75, 3.05) is 31.6 Å². The van der Waals surface area contributed by atoms with E-state index < -0.39 is 0 Å². The predicted octanol–water partition coefficient (Wildman–Crippen LogP) is 3.67. The lowest BCUT2D eigenvalue weighted by Crippen LogP contribution is -2.53. The van der Waals surface area contributed by atoms with Crippen molar-refractivity contribution in [1.82, 2.24) is 9.88 Å². The Balaban J connectivity index is 1.45. The minimum Gasteiger partial charge on any atom is -0.465 e. The number of hydrogen-bond donors (Lipinski definition) is 0. The summed E-state index contributed by atoms with van der Waals surface area (Å²) in [5.41, 5.74) is 2.69. The molecule has 2 fully saturated rings. The fourth-order valence-electron chi connectivity index (χ4n) is 4.78. The van der Waals surface area contributed by atoms with Crippen molar-refractivity contribution in [3.63, 3.8) is 0 Å². The van der Waals surface area contributed by atoms with E-state index in [1.165, 1.54) is 32.1 Å². The Morgan fingerprint density at radius 1 is 1.14 bits per heavy atom. The quantitative estimate of drug-likeness (QED) is 0.759. The second kappa shape index (κ2) is 8.31. The van der Waals surface area contributed by atoms with E-state index in [1.54, 1.807) is 0 Å². The summed E-state index contributed by atoms with van der Waals surface area (Å²) < 4.78 is 4.84. The molecule has 2 aliphatic heterocycles. The Labute approximate surface area is 167 Å². The Hall–Kier alpha value is -2.40. The number of carbonyl (C=O) groups is 1. The second-order valence-electron chi connectivity index (χ2n) is 7.95. The van der Waals surface area contributed by atoms with Gasteiger partial charge in [-0.1, -0.05) is 30.3 Å². The third kappa shape index (κ3) is 3.90. The number of piperidine rings is 2. The van der Waals surface area contributed by atoms with Gasteiger partial charge >= 0.3 is 5.97 Å². The molecule has 2 aromatic rings. The van der Waals surface area contributed by atoms with E-state index in [-0.39, 0.29) is 5.97 Å². The number of hydrogen-bond acceptors (Lipinski definition) is 5. The van der Waals surface area contributed by atoms with E-state index in [0.717, 1.165) is 37.6 Å². The highest BCUT2D eigenvalue weighted by atomic mass is 16.5. The van der Waals surface area contributed by atoms with Crippen LogP contribution in [0.1, 0.15) is 40.9 Å². The summed E-state index contributed by atoms with van der Waals surface area (Å²) in [6.45, 7) is 6.18. The number of anilines is 1. The third-order valence-corrected chi connectivity index (χ3v) is 6.21. The number of pyridine rings is 1. The van der Waals surface area contributed by atoms with Crippen molar-refractivity contribution >= 4 is 11.8 Å². The van der Waals surface area contributed by atoms with Crippen LogP contribution in [0.15, 0.2) is 42.5 Å². The maximum absolute atomic E-state index is 11.8. The largest absolute Gasteiger partial charge is 0.465 e. The minimum absolute atomic E-state index is 0.320. The lowest BCUT2D eigenvalue weighted by molar-refractivity contribution is 0.0599. The van der Waals surface area contributed by atoms with Crippen LogP contribution in [0.25, 0.3) is 0 Å². The van der Waals surface area contributed by atoms with Gasteiger partial charge in [0.2, 0.25) is 0 Å². The first-order valence-electron chi connectivity index (χ1n) is 10.2. The van der Waals surface area contributed by atoms with Crippen LogP contribution >= 0.6 is 0 Å². The molecule has 0 amide bonds. The van der Waals surface area contributed by atoms with E-state index >= 15 is 0 Å². The standard InChI is InChI=1S/C23H29N3O2/c1-17-20(23(27)28-2)10-11-22(24-17)26-14-12-21-19(16-26)9-6-13-25(21)15-18-7-4-3-5-8-18/h3-5,7-8,10-11,19,21H,6,9,12-16H2,1-2H3. The summed E-state index contributed by atoms with van der Waals surface area (Å²) >= 11 is 0. The highest BCUT2D eigenvalue weighted by Crippen LogP contribution is 2.33. The molecule has 2 atom stereocenters. The molecule has 0 spiro atoms. The number of likely N-dealkylation sites (tertiary alicyclic amines) is 1. The fourth-order valence-corrected chi connectivity index (χ4v) is 4.78. The second-order valence-corrected chi connectivity index (χ2v) is 7.95. The van der Waals surface area contributed by atoms with Crippen LogP contribution in [0.2, 0.25) is 0 Å². The molecule has 2 saturated heterocycles. The summed E-state index contributed by atoms with van der Waals surface area (Å²) in [6.07, 6.45) is 3.71. The molecule has 0 aliphatic carbocycles. The molecule has 1 aromatic carbocycles. The van der Waals surface area contributed by atoms with Gasteiger partial charge in [-0.25, -0.2) is 9.78 Å². The van der Waals surface area contributed by atoms with Crippen molar-refractivity contribution in [2.24, 2.45) is 5.92 Å². The van der Waals surface area contributed by atoms with Gasteiger partial charge < -0.3 is 9.64 Å². The van der Waals surface area contributed by atoms with Gasteiger partial charge in [-0.15, -0.1) is 0 Å². The van der Waals surface area contributed by atoms with E-state index in [4.69, 9.17) is 9.72 Å². The first-order chi connectivity index (χ1) is 13.7. The lowest BCUT2D eigenvalue weighted by Gasteiger charge is -2.47. The molecular weight excluding hydrogens is 350 g/mol. The number of fused-ring (bicyclic) bond motifs is 1. The Morgan fingerprint density at radius 2 is 1.96 bits per heavy atom. The van der Waals surface area contributed by atoms with Crippen molar-refractivity contribution in [3.05, 3.63) is 59.3 Å². The number of esters is 1. The number of benzene rings is 1. The minimum atomic E-state index is -0.320. The van der Waals surface area contributed by atoms with Gasteiger partial charge in [0.1, 0.15) is 5.82 Å². The maximum Gasteiger partial charge on any atom is 0.339 e. The Bertz CT molecular complexity index is 824. The monoisotopic (exact) mass is 379 g/mol. The first kappa shape index (κ1) is 18.9. The third-order valence-electron chi connectivity index (χ3n) is 6.21. The normalized spacial score (nSPS) is 22.6. The van der Waals surface area contributed by atoms with Gasteiger partial charge in [0.25, 0.3) is 0 Å². The van der Waals surface area contributed by atoms with Gasteiger partial charge in [-0.05, 0) is 56.3 Å². The SMILES string of the molecule is COC(=O)c1ccc(N2CCC3C(CCCN3Cc3ccccc3)C2)nc1C. The summed E-state index contributed by atoms with van der Waals surface area (Å²) in [7, 11) is 1.41. The molecule has 5 heteroatoms. The molecular formula is C23H29N3O2. The number of nitrogens with zero attached hydrogens (tertiary/aromatic N) is 3. The van der Waals surface area contributed by atoms with Crippen molar-refractivity contribution < 1.29 is 9.53 Å². The number of rotatable bonds is 4. The molecule has 0 radical (unpaired) electrons. The Morgan fingerprint density at radius 3 is 2.71 bits per heavy atom. The number of methoxy groups -OCH3 is 1. The van der Waals surface area contributed by atoms with E-state index in [9.17, 15) is 4.79 Å². The van der Waals surface area contributed by atoms with Crippen LogP contribution in [0.3, 0.4) is 0 Å². The predicted molar refractivity (Wildman–Crippen MR) is 111 cm³/mol. The van der Waals surface area contributed by atoms with E-state index in [2.05, 4.69) is 40.1 Å². The average molecular weight is 380 g/mol. The van der Waals surface area contributed by atoms with Crippen LogP contribution in [-0.4, -0.2) is 48.6 Å². The molecule has 3 heterocycles. The molecule has 0 saturated carbocycles. The van der Waals surface area contributed by atoms with Crippen LogP contribution in [-0.2, 0) is 11.3 Å². The molecule has 0 bridgehead atoms. The summed E-state index contributed by atoms with van der Waals surface area (Å²) in [5, 5.41) is 0. The highest BCUT2D eigenvalue weighted by Gasteiger charge is 2.36. The summed E-state index contributed by atoms with van der Waals surface area (Å²) in [6, 6.07) is 15.3. The highest BCUT2D eigenvalue weighted by molar-refractivity contribution is 5.90. The van der Waals surface area contributed by atoms with E-state index in [1.807, 2.05) is 19.1 Å². The molecule has 1 aromatic heterocycles. The zero-order chi connectivity index (χ0) is 19.5. The zero-order valence-corrected chi connectivity index (χ0v) is 16.8. The van der Waals surface area contributed by atoms with Crippen LogP contribution in [0, 0.1) is 12.8 Å². The van der Waals surface area contributed by atoms with E-state index in [0.29, 0.717) is 17.5 Å². The summed E-state index contributed by atoms with van der Waals surface area (Å²) in [5.74, 6) is 1.33. The topological polar surface area (TPSA) is 45.7 Å². The number of aryl methyl sites for hydroxylation is 1. The molecule has 5 nitrogen and oxygen atoms in total. The van der Waals surface area contributed by atoms with Gasteiger partial charge in [-0.2, -0.15) is 0 Å². The maximum atomic E-state index is 11.8. The van der Waals surface area contributed by atoms with Gasteiger partial charge in [0, 0.05) is 25.7 Å². The molecule has 4 rings (SSSR count).